The first-order valence-corrected chi connectivity index (χ1v) is 6.16. The lowest BCUT2D eigenvalue weighted by molar-refractivity contribution is -0.0889. The van der Waals surface area contributed by atoms with Gasteiger partial charge >= 0.3 is 0 Å². The second kappa shape index (κ2) is 4.37. The van der Waals surface area contributed by atoms with E-state index < -0.39 is 30.7 Å². The van der Waals surface area contributed by atoms with E-state index in [1.54, 1.807) is 12.3 Å². The minimum atomic E-state index is -1.78. The highest BCUT2D eigenvalue weighted by Gasteiger charge is 2.54. The third-order valence-corrected chi connectivity index (χ3v) is 3.66. The zero-order chi connectivity index (χ0) is 14.5. The molecule has 7 nitrogen and oxygen atoms in total. The highest BCUT2D eigenvalue weighted by atomic mass is 19.1. The molecule has 108 valence electrons. The molecule has 1 aliphatic rings. The van der Waals surface area contributed by atoms with E-state index in [2.05, 4.69) is 9.97 Å². The van der Waals surface area contributed by atoms with Gasteiger partial charge < -0.3 is 25.3 Å². The van der Waals surface area contributed by atoms with Crippen LogP contribution in [0.1, 0.15) is 13.2 Å². The molecule has 8 heteroatoms. The van der Waals surface area contributed by atoms with Crippen LogP contribution in [0.2, 0.25) is 0 Å². The van der Waals surface area contributed by atoms with Gasteiger partial charge in [-0.15, -0.1) is 0 Å². The molecule has 20 heavy (non-hydrogen) atoms. The maximum absolute atomic E-state index is 14.1. The fraction of sp³-hybridized carbons (Fsp3) is 0.500. The average molecular weight is 282 g/mol. The van der Waals surface area contributed by atoms with Gasteiger partial charge in [0.15, 0.2) is 12.4 Å². The van der Waals surface area contributed by atoms with Crippen molar-refractivity contribution in [2.75, 3.05) is 12.3 Å². The Morgan fingerprint density at radius 1 is 1.55 bits per heavy atom. The number of fused-ring (bicyclic) bond motifs is 1. The lowest BCUT2D eigenvalue weighted by atomic mass is 9.98. The summed E-state index contributed by atoms with van der Waals surface area (Å²) in [6, 6.07) is 1.67. The summed E-state index contributed by atoms with van der Waals surface area (Å²) in [5, 5.41) is 20.0. The summed E-state index contributed by atoms with van der Waals surface area (Å²) in [5.74, 6) is 0.293. The Morgan fingerprint density at radius 3 is 2.95 bits per heavy atom. The highest BCUT2D eigenvalue weighted by Crippen LogP contribution is 2.41. The molecule has 2 aromatic rings. The van der Waals surface area contributed by atoms with Crippen LogP contribution in [0.3, 0.4) is 0 Å². The zero-order valence-electron chi connectivity index (χ0n) is 10.8. The molecule has 2 aromatic heterocycles. The van der Waals surface area contributed by atoms with Crippen LogP contribution in [-0.4, -0.2) is 49.2 Å². The van der Waals surface area contributed by atoms with Crippen molar-refractivity contribution in [2.45, 2.75) is 31.0 Å². The fourth-order valence-electron chi connectivity index (χ4n) is 2.55. The number of halogens is 1. The standard InChI is InChI=1S/C12H15FN4O3/c1-12(19)8(13)7(4-18)20-11(12)17-3-2-6-9(14)15-5-16-10(6)17/h2-3,5,7-8,11,18-19H,4H2,1H3,(H2,14,15,16)/t7?,8-,11-,12-/m1/s1. The number of aliphatic hydroxyl groups is 2. The second-order valence-corrected chi connectivity index (χ2v) is 5.06. The van der Waals surface area contributed by atoms with Crippen LogP contribution in [-0.2, 0) is 4.74 Å². The van der Waals surface area contributed by atoms with Gasteiger partial charge in [-0.2, -0.15) is 0 Å². The third-order valence-electron chi connectivity index (χ3n) is 3.66. The Kier molecular flexibility index (Phi) is 2.89. The Labute approximate surface area is 113 Å². The molecule has 1 aliphatic heterocycles. The molecule has 4 N–H and O–H groups in total. The smallest absolute Gasteiger partial charge is 0.167 e. The lowest BCUT2D eigenvalue weighted by Crippen LogP contribution is -2.41. The SMILES string of the molecule is C[C@@]1(O)[C@H](F)C(CO)O[C@H]1n1ccc2c(N)ncnc21. The Balaban J connectivity index is 2.10. The number of nitrogen functional groups attached to an aromatic ring is 1. The van der Waals surface area contributed by atoms with Crippen molar-refractivity contribution in [1.29, 1.82) is 0 Å². The number of anilines is 1. The van der Waals surface area contributed by atoms with Gasteiger partial charge in [-0.3, -0.25) is 0 Å². The average Bonchev–Trinajstić information content (AvgIpc) is 2.92. The molecule has 0 radical (unpaired) electrons. The van der Waals surface area contributed by atoms with E-state index in [9.17, 15) is 9.50 Å². The molecular formula is C12H15FN4O3. The molecule has 0 spiro atoms. The van der Waals surface area contributed by atoms with Crippen LogP contribution in [0.4, 0.5) is 10.2 Å². The minimum Gasteiger partial charge on any atom is -0.394 e. The number of aliphatic hydroxyl groups excluding tert-OH is 1. The van der Waals surface area contributed by atoms with Crippen molar-refractivity contribution in [3.05, 3.63) is 18.6 Å². The second-order valence-electron chi connectivity index (χ2n) is 5.06. The predicted molar refractivity (Wildman–Crippen MR) is 68.5 cm³/mol. The Morgan fingerprint density at radius 2 is 2.30 bits per heavy atom. The van der Waals surface area contributed by atoms with Gasteiger partial charge in [0.1, 0.15) is 29.5 Å². The molecule has 0 bridgehead atoms. The number of rotatable bonds is 2. The summed E-state index contributed by atoms with van der Waals surface area (Å²) in [5.41, 5.74) is 4.39. The highest BCUT2D eigenvalue weighted by molar-refractivity contribution is 5.86. The number of alkyl halides is 1. The quantitative estimate of drug-likeness (QED) is 0.715. The third kappa shape index (κ3) is 1.69. The lowest BCUT2D eigenvalue weighted by Gasteiger charge is -2.26. The van der Waals surface area contributed by atoms with Gasteiger partial charge in [-0.25, -0.2) is 14.4 Å². The topological polar surface area (TPSA) is 106 Å². The first kappa shape index (κ1) is 13.2. The molecule has 3 heterocycles. The van der Waals surface area contributed by atoms with Crippen molar-refractivity contribution in [3.63, 3.8) is 0 Å². The maximum atomic E-state index is 14.1. The first-order valence-electron chi connectivity index (χ1n) is 6.16. The molecule has 3 rings (SSSR count). The molecule has 0 aromatic carbocycles. The van der Waals surface area contributed by atoms with Crippen molar-refractivity contribution < 1.29 is 19.3 Å². The molecule has 0 saturated carbocycles. The summed E-state index contributed by atoms with van der Waals surface area (Å²) < 4.78 is 21.0. The molecule has 1 saturated heterocycles. The Bertz CT molecular complexity index is 645. The number of ether oxygens (including phenoxy) is 1. The van der Waals surface area contributed by atoms with E-state index in [4.69, 9.17) is 15.6 Å². The van der Waals surface area contributed by atoms with Crippen LogP contribution >= 0.6 is 0 Å². The summed E-state index contributed by atoms with van der Waals surface area (Å²) in [6.07, 6.45) is -0.891. The van der Waals surface area contributed by atoms with Gasteiger partial charge in [-0.1, -0.05) is 0 Å². The molecule has 0 amide bonds. The van der Waals surface area contributed by atoms with Crippen molar-refractivity contribution in [1.82, 2.24) is 14.5 Å². The molecule has 1 fully saturated rings. The number of hydrogen-bond acceptors (Lipinski definition) is 6. The number of nitrogens with zero attached hydrogens (tertiary/aromatic N) is 3. The van der Waals surface area contributed by atoms with Crippen LogP contribution < -0.4 is 5.73 Å². The van der Waals surface area contributed by atoms with Gasteiger partial charge in [0.25, 0.3) is 0 Å². The van der Waals surface area contributed by atoms with Crippen LogP contribution in [0, 0.1) is 0 Å². The van der Waals surface area contributed by atoms with E-state index >= 15 is 0 Å². The summed E-state index contributed by atoms with van der Waals surface area (Å²) in [4.78, 5) is 7.95. The maximum Gasteiger partial charge on any atom is 0.167 e. The van der Waals surface area contributed by atoms with Gasteiger partial charge in [-0.05, 0) is 13.0 Å². The van der Waals surface area contributed by atoms with E-state index in [0.29, 0.717) is 16.9 Å². The summed E-state index contributed by atoms with van der Waals surface area (Å²) in [6.45, 7) is 0.818. The zero-order valence-corrected chi connectivity index (χ0v) is 10.8. The minimum absolute atomic E-state index is 0.293. The predicted octanol–water partition coefficient (Wildman–Crippen LogP) is -0.00770. The van der Waals surface area contributed by atoms with Crippen LogP contribution in [0.15, 0.2) is 18.6 Å². The largest absolute Gasteiger partial charge is 0.394 e. The molecule has 1 unspecified atom stereocenters. The van der Waals surface area contributed by atoms with E-state index in [1.165, 1.54) is 17.8 Å². The van der Waals surface area contributed by atoms with E-state index in [-0.39, 0.29) is 0 Å². The van der Waals surface area contributed by atoms with Crippen molar-refractivity contribution >= 4 is 16.9 Å². The Hall–Kier alpha value is -1.77. The number of hydrogen-bond donors (Lipinski definition) is 3. The van der Waals surface area contributed by atoms with E-state index in [1.807, 2.05) is 0 Å². The number of aromatic nitrogens is 3. The molecule has 4 atom stereocenters. The fourth-order valence-corrected chi connectivity index (χ4v) is 2.55. The normalized spacial score (nSPS) is 33.9. The van der Waals surface area contributed by atoms with Crippen LogP contribution in [0.5, 0.6) is 0 Å². The van der Waals surface area contributed by atoms with Crippen molar-refractivity contribution in [2.24, 2.45) is 0 Å². The molecule has 0 aliphatic carbocycles. The van der Waals surface area contributed by atoms with Gasteiger partial charge in [0.05, 0.1) is 12.0 Å². The van der Waals surface area contributed by atoms with Crippen molar-refractivity contribution in [3.8, 4) is 0 Å². The van der Waals surface area contributed by atoms with E-state index in [0.717, 1.165) is 0 Å². The molecular weight excluding hydrogens is 267 g/mol. The number of nitrogens with two attached hydrogens (primary N) is 1. The van der Waals surface area contributed by atoms with Crippen LogP contribution in [0.25, 0.3) is 11.0 Å². The summed E-state index contributed by atoms with van der Waals surface area (Å²) >= 11 is 0. The van der Waals surface area contributed by atoms with Gasteiger partial charge in [0.2, 0.25) is 0 Å². The summed E-state index contributed by atoms with van der Waals surface area (Å²) in [7, 11) is 0. The van der Waals surface area contributed by atoms with Gasteiger partial charge in [0, 0.05) is 6.20 Å². The monoisotopic (exact) mass is 282 g/mol. The first-order chi connectivity index (χ1) is 9.46.